The van der Waals surface area contributed by atoms with Crippen LogP contribution in [0.15, 0.2) is 122 Å². The Morgan fingerprint density at radius 1 is 0.696 bits per heavy atom. The summed E-state index contributed by atoms with van der Waals surface area (Å²) in [6.45, 7) is 20.5. The number of imidazole rings is 1. The number of nitrogens with zero attached hydrogens (tertiary/aromatic N) is 5. The number of nitrogens with one attached hydrogen (secondary N) is 1. The molecule has 69 heavy (non-hydrogen) atoms. The van der Waals surface area contributed by atoms with Crippen molar-refractivity contribution in [2.75, 3.05) is 11.5 Å². The standard InChI is InChI=1S/C52H60N6O9Si2/c1-51(2,3)68(7,8)66-41-39(56-50(63)64-29-38-36-27-19-17-25-34(36)35-26-18-20-28-37(35)38)48(65-43(49(61)62)42(41)67-69(9,10)52(4,5)6)57-31-55-40-44(57)53-30-54-45(40)58(46(59)32-21-13-11-14-22-32)47(60)33-23-15-12-16-24-33/h11-28,30-31,38-39,41-43,48H,29H2,1-10H3,(H,56,63)(H,61,62)/t39-,41-,42+,43+,48-/m1/s1. The van der Waals surface area contributed by atoms with Crippen LogP contribution >= 0.6 is 0 Å². The number of hydrogen-bond acceptors (Lipinski definition) is 11. The second kappa shape index (κ2) is 18.8. The Kier molecular flexibility index (Phi) is 13.4. The molecular weight excluding hydrogens is 909 g/mol. The van der Waals surface area contributed by atoms with Gasteiger partial charge in [-0.1, -0.05) is 126 Å². The first-order valence-electron chi connectivity index (χ1n) is 23.1. The SMILES string of the molecule is CC(C)(C)[Si](C)(C)O[C@@H]1[C@@H](NC(=O)OCC2c3ccccc3-c3ccccc32)[C@H](n2cnc3c(N(C(=O)c4ccccc4)C(=O)c4ccccc4)ncnc32)O[C@H](C(=O)O)[C@H]1O[Si](C)(C)C(C)(C)C. The van der Waals surface area contributed by atoms with Gasteiger partial charge in [-0.15, -0.1) is 0 Å². The topological polar surface area (TPSA) is 184 Å². The summed E-state index contributed by atoms with van der Waals surface area (Å²) in [5, 5.41) is 13.5. The summed E-state index contributed by atoms with van der Waals surface area (Å²) in [4.78, 5) is 71.8. The summed E-state index contributed by atoms with van der Waals surface area (Å²) in [5.74, 6) is -3.01. The molecule has 2 aliphatic rings. The minimum Gasteiger partial charge on any atom is -0.479 e. The number of amides is 3. The largest absolute Gasteiger partial charge is 0.479 e. The van der Waals surface area contributed by atoms with Gasteiger partial charge in [0.2, 0.25) is 0 Å². The van der Waals surface area contributed by atoms with Crippen molar-refractivity contribution in [3.8, 4) is 11.1 Å². The number of anilines is 1. The highest BCUT2D eigenvalue weighted by Gasteiger charge is 2.57. The number of carbonyl (C=O) groups excluding carboxylic acids is 3. The van der Waals surface area contributed by atoms with Crippen molar-refractivity contribution in [2.45, 2.75) is 114 Å². The minimum atomic E-state index is -2.85. The third-order valence-electron chi connectivity index (χ3n) is 14.2. The first-order valence-corrected chi connectivity index (χ1v) is 28.9. The van der Waals surface area contributed by atoms with Gasteiger partial charge in [-0.2, -0.15) is 0 Å². The summed E-state index contributed by atoms with van der Waals surface area (Å²) in [6.07, 6.45) is -3.57. The fourth-order valence-electron chi connectivity index (χ4n) is 8.41. The molecule has 0 spiro atoms. The fourth-order valence-corrected chi connectivity index (χ4v) is 11.0. The molecule has 1 aliphatic carbocycles. The van der Waals surface area contributed by atoms with Gasteiger partial charge in [0.1, 0.15) is 25.1 Å². The molecule has 15 nitrogen and oxygen atoms in total. The average molecular weight is 969 g/mol. The van der Waals surface area contributed by atoms with Gasteiger partial charge in [-0.05, 0) is 82.8 Å². The van der Waals surface area contributed by atoms with Crippen molar-refractivity contribution in [1.82, 2.24) is 24.8 Å². The smallest absolute Gasteiger partial charge is 0.407 e. The number of carbonyl (C=O) groups is 4. The molecule has 1 saturated heterocycles. The Labute approximate surface area is 404 Å². The first kappa shape index (κ1) is 49.1. The number of rotatable bonds is 12. The van der Waals surface area contributed by atoms with Crippen molar-refractivity contribution >= 4 is 57.5 Å². The predicted octanol–water partition coefficient (Wildman–Crippen LogP) is 9.98. The number of alkyl carbamates (subject to hydrolysis) is 1. The average Bonchev–Trinajstić information content (AvgIpc) is 3.89. The summed E-state index contributed by atoms with van der Waals surface area (Å²) in [5.41, 5.74) is 4.75. The molecule has 3 amide bonds. The van der Waals surface area contributed by atoms with Crippen LogP contribution in [0.3, 0.4) is 0 Å². The van der Waals surface area contributed by atoms with E-state index in [1.807, 2.05) is 49.5 Å². The summed E-state index contributed by atoms with van der Waals surface area (Å²) < 4.78 is 28.7. The lowest BCUT2D eigenvalue weighted by atomic mass is 9.95. The number of ether oxygens (including phenoxy) is 2. The zero-order chi connectivity index (χ0) is 49.6. The van der Waals surface area contributed by atoms with Gasteiger partial charge in [0.15, 0.2) is 45.9 Å². The van der Waals surface area contributed by atoms with Crippen LogP contribution in [0, 0.1) is 0 Å². The van der Waals surface area contributed by atoms with Crippen molar-refractivity contribution in [3.05, 3.63) is 144 Å². The number of fused-ring (bicyclic) bond motifs is 4. The molecule has 8 rings (SSSR count). The van der Waals surface area contributed by atoms with Crippen LogP contribution < -0.4 is 10.2 Å². The highest BCUT2D eigenvalue weighted by molar-refractivity contribution is 6.74. The molecule has 0 bridgehead atoms. The second-order valence-electron chi connectivity index (χ2n) is 20.7. The zero-order valence-electron chi connectivity index (χ0n) is 40.7. The van der Waals surface area contributed by atoms with Gasteiger partial charge in [-0.3, -0.25) is 14.2 Å². The monoisotopic (exact) mass is 968 g/mol. The van der Waals surface area contributed by atoms with E-state index in [1.54, 1.807) is 60.7 Å². The Morgan fingerprint density at radius 3 is 1.70 bits per heavy atom. The molecule has 2 N–H and O–H groups in total. The van der Waals surface area contributed by atoms with Crippen LogP contribution in [-0.2, 0) is 23.1 Å². The number of carboxylic acid groups (broad SMARTS) is 1. The van der Waals surface area contributed by atoms with Crippen molar-refractivity contribution < 1.29 is 42.6 Å². The Hall–Kier alpha value is -6.38. The molecule has 2 aromatic heterocycles. The maximum Gasteiger partial charge on any atom is 0.407 e. The molecule has 0 radical (unpaired) electrons. The number of aromatic nitrogens is 4. The van der Waals surface area contributed by atoms with E-state index in [0.717, 1.165) is 27.2 Å². The van der Waals surface area contributed by atoms with Gasteiger partial charge in [-0.25, -0.2) is 29.4 Å². The molecule has 1 fully saturated rings. The van der Waals surface area contributed by atoms with E-state index < -0.39 is 71.1 Å². The lowest BCUT2D eigenvalue weighted by Gasteiger charge is -2.52. The summed E-state index contributed by atoms with van der Waals surface area (Å²) >= 11 is 0. The molecule has 0 unspecified atom stereocenters. The van der Waals surface area contributed by atoms with Crippen LogP contribution in [0.2, 0.25) is 36.3 Å². The second-order valence-corrected chi connectivity index (χ2v) is 30.2. The van der Waals surface area contributed by atoms with E-state index in [4.69, 9.17) is 23.3 Å². The maximum absolute atomic E-state index is 14.6. The number of hydrogen-bond donors (Lipinski definition) is 2. The Morgan fingerprint density at radius 2 is 1.19 bits per heavy atom. The van der Waals surface area contributed by atoms with Gasteiger partial charge in [0, 0.05) is 17.0 Å². The molecule has 360 valence electrons. The van der Waals surface area contributed by atoms with E-state index >= 15 is 0 Å². The maximum atomic E-state index is 14.6. The number of aliphatic carboxylic acids is 1. The predicted molar refractivity (Wildman–Crippen MR) is 267 cm³/mol. The summed E-state index contributed by atoms with van der Waals surface area (Å²) in [7, 11) is -5.65. The van der Waals surface area contributed by atoms with Gasteiger partial charge in [0.05, 0.1) is 12.4 Å². The van der Waals surface area contributed by atoms with E-state index in [0.29, 0.717) is 0 Å². The van der Waals surface area contributed by atoms with Crippen molar-refractivity contribution in [2.24, 2.45) is 0 Å². The first-order chi connectivity index (χ1) is 32.6. The number of benzene rings is 4. The van der Waals surface area contributed by atoms with Gasteiger partial charge in [0.25, 0.3) is 11.8 Å². The molecule has 3 heterocycles. The minimum absolute atomic E-state index is 0.00117. The van der Waals surface area contributed by atoms with Crippen LogP contribution in [0.1, 0.15) is 85.5 Å². The molecule has 5 atom stereocenters. The molecule has 1 aliphatic heterocycles. The van der Waals surface area contributed by atoms with E-state index in [2.05, 4.69) is 82.1 Å². The number of carboxylic acids is 1. The molecule has 6 aromatic rings. The molecular formula is C52H60N6O9Si2. The van der Waals surface area contributed by atoms with E-state index in [1.165, 1.54) is 17.2 Å². The third-order valence-corrected chi connectivity index (χ3v) is 23.1. The quantitative estimate of drug-likeness (QED) is 0.0875. The van der Waals surface area contributed by atoms with Crippen LogP contribution in [0.5, 0.6) is 0 Å². The van der Waals surface area contributed by atoms with Gasteiger partial charge >= 0.3 is 12.1 Å². The molecule has 4 aromatic carbocycles. The van der Waals surface area contributed by atoms with Crippen LogP contribution in [-0.4, -0.2) is 96.1 Å². The molecule has 17 heteroatoms. The van der Waals surface area contributed by atoms with Gasteiger partial charge < -0.3 is 28.7 Å². The lowest BCUT2D eigenvalue weighted by Crippen LogP contribution is -2.68. The Balaban J connectivity index is 1.26. The normalized spacial score (nSPS) is 19.7. The highest BCUT2D eigenvalue weighted by atomic mass is 28.4. The fraction of sp³-hybridized carbons (Fsp3) is 0.365. The van der Waals surface area contributed by atoms with Crippen molar-refractivity contribution in [1.29, 1.82) is 0 Å². The highest BCUT2D eigenvalue weighted by Crippen LogP contribution is 2.47. The van der Waals surface area contributed by atoms with Crippen LogP contribution in [0.25, 0.3) is 22.3 Å². The Bertz CT molecular complexity index is 2780. The zero-order valence-corrected chi connectivity index (χ0v) is 42.7. The van der Waals surface area contributed by atoms with E-state index in [-0.39, 0.29) is 50.7 Å². The molecule has 0 saturated carbocycles. The lowest BCUT2D eigenvalue weighted by molar-refractivity contribution is -0.210. The van der Waals surface area contributed by atoms with E-state index in [9.17, 15) is 24.3 Å². The third kappa shape index (κ3) is 9.53. The number of imide groups is 1. The summed E-state index contributed by atoms with van der Waals surface area (Å²) in [6, 6.07) is 31.5. The van der Waals surface area contributed by atoms with Crippen LogP contribution in [0.4, 0.5) is 10.6 Å². The van der Waals surface area contributed by atoms with Crippen molar-refractivity contribution in [3.63, 3.8) is 0 Å².